The molecule has 9 heteroatoms. The number of nitrogens with one attached hydrogen (secondary N) is 2. The number of nitrogens with zero attached hydrogens (tertiary/aromatic N) is 1. The van der Waals surface area contributed by atoms with Crippen LogP contribution in [0.5, 0.6) is 0 Å². The van der Waals surface area contributed by atoms with Gasteiger partial charge in [-0.3, -0.25) is 13.9 Å². The first-order valence-electron chi connectivity index (χ1n) is 9.93. The summed E-state index contributed by atoms with van der Waals surface area (Å²) in [7, 11) is -3.55. The van der Waals surface area contributed by atoms with E-state index < -0.39 is 10.0 Å². The van der Waals surface area contributed by atoms with E-state index >= 15 is 0 Å². The third-order valence-corrected chi connectivity index (χ3v) is 6.13. The van der Waals surface area contributed by atoms with Crippen molar-refractivity contribution in [3.05, 3.63) is 58.6 Å². The van der Waals surface area contributed by atoms with Crippen LogP contribution in [0, 0.1) is 6.92 Å². The molecule has 0 saturated carbocycles. The molecule has 0 aromatic heterocycles. The Labute approximate surface area is 188 Å². The van der Waals surface area contributed by atoms with Gasteiger partial charge in [-0.2, -0.15) is 0 Å². The summed E-state index contributed by atoms with van der Waals surface area (Å²) in [6, 6.07) is 11.8. The van der Waals surface area contributed by atoms with Crippen LogP contribution in [0.1, 0.15) is 42.6 Å². The smallest absolute Gasteiger partial charge is 0.253 e. The Balaban J connectivity index is 2.06. The highest BCUT2D eigenvalue weighted by Crippen LogP contribution is 2.28. The molecular weight excluding hydrogens is 438 g/mol. The second kappa shape index (κ2) is 10.6. The molecule has 0 unspecified atom stereocenters. The predicted molar refractivity (Wildman–Crippen MR) is 125 cm³/mol. The van der Waals surface area contributed by atoms with Gasteiger partial charge in [0.1, 0.15) is 0 Å². The predicted octanol–water partition coefficient (Wildman–Crippen LogP) is 3.97. The lowest BCUT2D eigenvalue weighted by atomic mass is 10.1. The summed E-state index contributed by atoms with van der Waals surface area (Å²) in [5, 5.41) is 6.02. The second-order valence-electron chi connectivity index (χ2n) is 7.54. The van der Waals surface area contributed by atoms with Gasteiger partial charge in [0.2, 0.25) is 15.9 Å². The number of rotatable bonds is 9. The maximum atomic E-state index is 12.5. The van der Waals surface area contributed by atoms with E-state index in [0.717, 1.165) is 6.26 Å². The van der Waals surface area contributed by atoms with Gasteiger partial charge in [-0.25, -0.2) is 8.42 Å². The zero-order valence-corrected chi connectivity index (χ0v) is 19.7. The number of amides is 2. The van der Waals surface area contributed by atoms with Crippen molar-refractivity contribution < 1.29 is 18.0 Å². The van der Waals surface area contributed by atoms with Crippen molar-refractivity contribution in [2.75, 3.05) is 22.4 Å². The molecule has 0 fully saturated rings. The Morgan fingerprint density at radius 2 is 1.77 bits per heavy atom. The lowest BCUT2D eigenvalue weighted by Gasteiger charge is -2.24. The van der Waals surface area contributed by atoms with E-state index in [0.29, 0.717) is 33.9 Å². The summed E-state index contributed by atoms with van der Waals surface area (Å²) >= 11 is 6.14. The van der Waals surface area contributed by atoms with Gasteiger partial charge in [0.05, 0.1) is 23.2 Å². The minimum atomic E-state index is -3.55. The van der Waals surface area contributed by atoms with Crippen molar-refractivity contribution in [1.82, 2.24) is 5.32 Å². The topological polar surface area (TPSA) is 95.6 Å². The Hall–Kier alpha value is -2.58. The van der Waals surface area contributed by atoms with Crippen molar-refractivity contribution in [3.8, 4) is 0 Å². The van der Waals surface area contributed by atoms with Crippen LogP contribution in [0.15, 0.2) is 42.5 Å². The Morgan fingerprint density at radius 1 is 1.10 bits per heavy atom. The summed E-state index contributed by atoms with van der Waals surface area (Å²) in [6.45, 7) is 5.59. The molecule has 0 aliphatic heterocycles. The molecule has 0 aliphatic rings. The number of carbonyl (C=O) groups excluding carboxylic acids is 2. The molecule has 0 radical (unpaired) electrons. The molecule has 0 bridgehead atoms. The van der Waals surface area contributed by atoms with Crippen LogP contribution in [0.25, 0.3) is 0 Å². The van der Waals surface area contributed by atoms with Gasteiger partial charge < -0.3 is 10.6 Å². The number of sulfonamides is 1. The number of hydrogen-bond donors (Lipinski definition) is 2. The summed E-state index contributed by atoms with van der Waals surface area (Å²) in [6.07, 6.45) is 1.51. The van der Waals surface area contributed by atoms with Crippen molar-refractivity contribution >= 4 is 44.8 Å². The maximum Gasteiger partial charge on any atom is 0.253 e. The molecule has 31 heavy (non-hydrogen) atoms. The number of para-hydroxylation sites is 1. The zero-order chi connectivity index (χ0) is 23.2. The SMILES string of the molecule is Cc1c(Cl)cccc1N(CCCC(=O)Nc1ccccc1C(=O)NC(C)C)S(C)(=O)=O. The van der Waals surface area contributed by atoms with Crippen molar-refractivity contribution in [3.63, 3.8) is 0 Å². The van der Waals surface area contributed by atoms with Crippen LogP contribution < -0.4 is 14.9 Å². The largest absolute Gasteiger partial charge is 0.350 e. The molecule has 2 N–H and O–H groups in total. The van der Waals surface area contributed by atoms with Crippen LogP contribution in [-0.2, 0) is 14.8 Å². The number of benzene rings is 2. The molecule has 0 spiro atoms. The van der Waals surface area contributed by atoms with E-state index in [-0.39, 0.29) is 30.8 Å². The summed E-state index contributed by atoms with van der Waals surface area (Å²) in [4.78, 5) is 24.8. The number of anilines is 2. The quantitative estimate of drug-likeness (QED) is 0.585. The standard InChI is InChI=1S/C22H28ClN3O4S/c1-15(2)24-22(28)17-9-5-6-11-19(17)25-21(27)13-8-14-26(31(4,29)30)20-12-7-10-18(23)16(20)3/h5-7,9-12,15H,8,13-14H2,1-4H3,(H,24,28)(H,25,27). The molecule has 0 aliphatic carbocycles. The average molecular weight is 466 g/mol. The molecule has 2 aromatic rings. The van der Waals surface area contributed by atoms with Crippen LogP contribution in [-0.4, -0.2) is 39.1 Å². The summed E-state index contributed by atoms with van der Waals surface area (Å²) < 4.78 is 25.9. The fourth-order valence-corrected chi connectivity index (χ4v) is 4.24. The van der Waals surface area contributed by atoms with Crippen LogP contribution in [0.2, 0.25) is 5.02 Å². The zero-order valence-electron chi connectivity index (χ0n) is 18.1. The second-order valence-corrected chi connectivity index (χ2v) is 9.86. The number of hydrogen-bond acceptors (Lipinski definition) is 4. The molecule has 2 rings (SSSR count). The first kappa shape index (κ1) is 24.7. The van der Waals surface area contributed by atoms with Crippen LogP contribution in [0.4, 0.5) is 11.4 Å². The van der Waals surface area contributed by atoms with Gasteiger partial charge in [-0.15, -0.1) is 0 Å². The van der Waals surface area contributed by atoms with Crippen molar-refractivity contribution in [1.29, 1.82) is 0 Å². The van der Waals surface area contributed by atoms with E-state index in [1.807, 2.05) is 13.8 Å². The fraction of sp³-hybridized carbons (Fsp3) is 0.364. The van der Waals surface area contributed by atoms with E-state index in [2.05, 4.69) is 10.6 Å². The Kier molecular flexibility index (Phi) is 8.47. The summed E-state index contributed by atoms with van der Waals surface area (Å²) in [5.41, 5.74) is 1.93. The minimum absolute atomic E-state index is 0.0341. The van der Waals surface area contributed by atoms with Crippen LogP contribution in [0.3, 0.4) is 0 Å². The molecular formula is C22H28ClN3O4S. The lowest BCUT2D eigenvalue weighted by Crippen LogP contribution is -2.32. The number of halogens is 1. The van der Waals surface area contributed by atoms with Gasteiger partial charge in [-0.05, 0) is 57.0 Å². The molecule has 2 amide bonds. The molecule has 7 nitrogen and oxygen atoms in total. The highest BCUT2D eigenvalue weighted by atomic mass is 35.5. The van der Waals surface area contributed by atoms with Gasteiger partial charge in [0.15, 0.2) is 0 Å². The highest BCUT2D eigenvalue weighted by molar-refractivity contribution is 7.92. The van der Waals surface area contributed by atoms with Crippen molar-refractivity contribution in [2.45, 2.75) is 39.7 Å². The maximum absolute atomic E-state index is 12.5. The van der Waals surface area contributed by atoms with Gasteiger partial charge in [-0.1, -0.05) is 29.8 Å². The third kappa shape index (κ3) is 6.97. The van der Waals surface area contributed by atoms with E-state index in [1.54, 1.807) is 49.4 Å². The number of carbonyl (C=O) groups is 2. The molecule has 0 heterocycles. The Bertz CT molecular complexity index is 1050. The first-order chi connectivity index (χ1) is 14.5. The molecule has 2 aromatic carbocycles. The van der Waals surface area contributed by atoms with E-state index in [9.17, 15) is 18.0 Å². The van der Waals surface area contributed by atoms with Gasteiger partial charge in [0.25, 0.3) is 5.91 Å². The van der Waals surface area contributed by atoms with E-state index in [1.165, 1.54) is 4.31 Å². The monoisotopic (exact) mass is 465 g/mol. The lowest BCUT2D eigenvalue weighted by molar-refractivity contribution is -0.116. The molecule has 0 saturated heterocycles. The van der Waals surface area contributed by atoms with Crippen LogP contribution >= 0.6 is 11.6 Å². The fourth-order valence-electron chi connectivity index (χ4n) is 3.06. The average Bonchev–Trinajstić information content (AvgIpc) is 2.67. The first-order valence-corrected chi connectivity index (χ1v) is 12.2. The molecule has 168 valence electrons. The highest BCUT2D eigenvalue weighted by Gasteiger charge is 2.20. The third-order valence-electron chi connectivity index (χ3n) is 4.54. The van der Waals surface area contributed by atoms with Crippen molar-refractivity contribution in [2.24, 2.45) is 0 Å². The molecule has 0 atom stereocenters. The normalized spacial score (nSPS) is 11.3. The Morgan fingerprint density at radius 3 is 2.42 bits per heavy atom. The van der Waals surface area contributed by atoms with E-state index in [4.69, 9.17) is 11.6 Å². The summed E-state index contributed by atoms with van der Waals surface area (Å²) in [5.74, 6) is -0.577. The van der Waals surface area contributed by atoms with Gasteiger partial charge in [0, 0.05) is 24.0 Å². The van der Waals surface area contributed by atoms with Gasteiger partial charge >= 0.3 is 0 Å². The minimum Gasteiger partial charge on any atom is -0.350 e.